The van der Waals surface area contributed by atoms with E-state index in [1.54, 1.807) is 24.3 Å². The zero-order chi connectivity index (χ0) is 15.1. The molecule has 2 aromatic carbocycles. The van der Waals surface area contributed by atoms with Gasteiger partial charge < -0.3 is 9.47 Å². The number of nitrogens with one attached hydrogen (secondary N) is 1. The molecular formula is C15H9ClN2O3S. The predicted octanol–water partition coefficient (Wildman–Crippen LogP) is 3.93. The highest BCUT2D eigenvalue weighted by Crippen LogP contribution is 2.33. The number of hydrogen-bond donors (Lipinski definition) is 1. The quantitative estimate of drug-likeness (QED) is 0.772. The average molecular weight is 333 g/mol. The van der Waals surface area contributed by atoms with Crippen LogP contribution >= 0.6 is 22.9 Å². The van der Waals surface area contributed by atoms with Crippen molar-refractivity contribution in [1.82, 2.24) is 4.98 Å². The Morgan fingerprint density at radius 2 is 2.05 bits per heavy atom. The maximum absolute atomic E-state index is 12.3. The van der Waals surface area contributed by atoms with Gasteiger partial charge in [-0.1, -0.05) is 22.9 Å². The van der Waals surface area contributed by atoms with Crippen LogP contribution in [0.25, 0.3) is 10.2 Å². The van der Waals surface area contributed by atoms with Gasteiger partial charge in [0.2, 0.25) is 6.79 Å². The fraction of sp³-hybridized carbons (Fsp3) is 0.0667. The van der Waals surface area contributed by atoms with Crippen LogP contribution in [-0.4, -0.2) is 17.7 Å². The first kappa shape index (κ1) is 13.4. The summed E-state index contributed by atoms with van der Waals surface area (Å²) in [6.07, 6.45) is 0. The highest BCUT2D eigenvalue weighted by atomic mass is 35.5. The molecule has 5 nitrogen and oxygen atoms in total. The molecule has 110 valence electrons. The Morgan fingerprint density at radius 3 is 2.95 bits per heavy atom. The van der Waals surface area contributed by atoms with Crippen LogP contribution in [0.3, 0.4) is 0 Å². The lowest BCUT2D eigenvalue weighted by molar-refractivity contribution is 0.102. The standard InChI is InChI=1S/C15H9ClN2O3S/c16-9-2-3-10-13(6-9)22-15(17-10)18-14(19)8-1-4-11-12(5-8)21-7-20-11/h1-6H,7H2,(H,17,18,19). The van der Waals surface area contributed by atoms with Crippen LogP contribution in [0.15, 0.2) is 36.4 Å². The molecule has 1 aliphatic heterocycles. The molecule has 0 radical (unpaired) electrons. The molecule has 0 saturated heterocycles. The van der Waals surface area contributed by atoms with Crippen molar-refractivity contribution in [2.24, 2.45) is 0 Å². The van der Waals surface area contributed by atoms with Gasteiger partial charge in [-0.15, -0.1) is 0 Å². The molecule has 0 bridgehead atoms. The van der Waals surface area contributed by atoms with E-state index in [9.17, 15) is 4.79 Å². The Balaban J connectivity index is 1.60. The Kier molecular flexibility index (Phi) is 3.13. The van der Waals surface area contributed by atoms with Crippen LogP contribution in [-0.2, 0) is 0 Å². The lowest BCUT2D eigenvalue weighted by Gasteiger charge is -2.02. The molecule has 0 atom stereocenters. The Labute approximate surface area is 134 Å². The Morgan fingerprint density at radius 1 is 1.18 bits per heavy atom. The first-order valence-electron chi connectivity index (χ1n) is 6.46. The maximum atomic E-state index is 12.3. The molecule has 0 aliphatic carbocycles. The van der Waals surface area contributed by atoms with Gasteiger partial charge in [0.15, 0.2) is 16.6 Å². The fourth-order valence-electron chi connectivity index (χ4n) is 2.16. The number of carbonyl (C=O) groups is 1. The number of halogens is 1. The van der Waals surface area contributed by atoms with Crippen molar-refractivity contribution in [2.75, 3.05) is 12.1 Å². The number of anilines is 1. The van der Waals surface area contributed by atoms with Gasteiger partial charge in [-0.25, -0.2) is 4.98 Å². The molecule has 0 unspecified atom stereocenters. The third-order valence-electron chi connectivity index (χ3n) is 3.21. The molecule has 1 amide bonds. The van der Waals surface area contributed by atoms with Crippen molar-refractivity contribution in [1.29, 1.82) is 0 Å². The van der Waals surface area contributed by atoms with Crippen molar-refractivity contribution in [3.63, 3.8) is 0 Å². The molecule has 3 aromatic rings. The van der Waals surface area contributed by atoms with Gasteiger partial charge in [0.05, 0.1) is 10.2 Å². The Hall–Kier alpha value is -2.31. The zero-order valence-electron chi connectivity index (χ0n) is 11.1. The second-order valence-electron chi connectivity index (χ2n) is 4.65. The summed E-state index contributed by atoms with van der Waals surface area (Å²) in [6.45, 7) is 0.180. The summed E-state index contributed by atoms with van der Waals surface area (Å²) in [5, 5.41) is 3.96. The van der Waals surface area contributed by atoms with Crippen molar-refractivity contribution in [3.05, 3.63) is 47.0 Å². The van der Waals surface area contributed by atoms with Gasteiger partial charge in [0.25, 0.3) is 5.91 Å². The highest BCUT2D eigenvalue weighted by Gasteiger charge is 2.17. The average Bonchev–Trinajstić information content (AvgIpc) is 3.11. The van der Waals surface area contributed by atoms with Crippen molar-refractivity contribution < 1.29 is 14.3 Å². The van der Waals surface area contributed by atoms with E-state index in [4.69, 9.17) is 21.1 Å². The summed E-state index contributed by atoms with van der Waals surface area (Å²) in [5.41, 5.74) is 1.29. The predicted molar refractivity (Wildman–Crippen MR) is 85.1 cm³/mol. The topological polar surface area (TPSA) is 60.5 Å². The summed E-state index contributed by atoms with van der Waals surface area (Å²) in [5.74, 6) is 0.971. The van der Waals surface area contributed by atoms with E-state index in [0.29, 0.717) is 27.2 Å². The van der Waals surface area contributed by atoms with Gasteiger partial charge in [0.1, 0.15) is 0 Å². The molecule has 1 aliphatic rings. The minimum Gasteiger partial charge on any atom is -0.454 e. The molecule has 4 rings (SSSR count). The summed E-state index contributed by atoms with van der Waals surface area (Å²) in [7, 11) is 0. The number of amides is 1. The largest absolute Gasteiger partial charge is 0.454 e. The number of thiazole rings is 1. The molecule has 0 saturated carbocycles. The SMILES string of the molecule is O=C(Nc1nc2ccc(Cl)cc2s1)c1ccc2c(c1)OCO2. The second kappa shape index (κ2) is 5.15. The Bertz CT molecular complexity index is 894. The number of aromatic nitrogens is 1. The van der Waals surface area contributed by atoms with Crippen molar-refractivity contribution >= 4 is 44.2 Å². The van der Waals surface area contributed by atoms with Gasteiger partial charge in [-0.3, -0.25) is 10.1 Å². The molecule has 22 heavy (non-hydrogen) atoms. The summed E-state index contributed by atoms with van der Waals surface area (Å²) in [4.78, 5) is 16.7. The van der Waals surface area contributed by atoms with E-state index in [2.05, 4.69) is 10.3 Å². The molecule has 1 aromatic heterocycles. The maximum Gasteiger partial charge on any atom is 0.257 e. The van der Waals surface area contributed by atoms with Gasteiger partial charge in [0, 0.05) is 10.6 Å². The number of nitrogens with zero attached hydrogens (tertiary/aromatic N) is 1. The van der Waals surface area contributed by atoms with Gasteiger partial charge in [-0.2, -0.15) is 0 Å². The fourth-order valence-corrected chi connectivity index (χ4v) is 3.30. The molecule has 1 N–H and O–H groups in total. The number of hydrogen-bond acceptors (Lipinski definition) is 5. The highest BCUT2D eigenvalue weighted by molar-refractivity contribution is 7.22. The third-order valence-corrected chi connectivity index (χ3v) is 4.37. The second-order valence-corrected chi connectivity index (χ2v) is 6.12. The minimum absolute atomic E-state index is 0.180. The van der Waals surface area contributed by atoms with Crippen LogP contribution in [0.4, 0.5) is 5.13 Å². The third kappa shape index (κ3) is 2.36. The molecule has 0 fully saturated rings. The van der Waals surface area contributed by atoms with Crippen LogP contribution in [0.2, 0.25) is 5.02 Å². The summed E-state index contributed by atoms with van der Waals surface area (Å²) >= 11 is 7.33. The molecule has 0 spiro atoms. The molecule has 7 heteroatoms. The van der Waals surface area contributed by atoms with Crippen molar-refractivity contribution in [3.8, 4) is 11.5 Å². The van der Waals surface area contributed by atoms with Gasteiger partial charge >= 0.3 is 0 Å². The minimum atomic E-state index is -0.247. The smallest absolute Gasteiger partial charge is 0.257 e. The lowest BCUT2D eigenvalue weighted by atomic mass is 10.2. The van der Waals surface area contributed by atoms with E-state index >= 15 is 0 Å². The first-order chi connectivity index (χ1) is 10.7. The first-order valence-corrected chi connectivity index (χ1v) is 7.65. The number of rotatable bonds is 2. The van der Waals surface area contributed by atoms with Gasteiger partial charge in [-0.05, 0) is 36.4 Å². The van der Waals surface area contributed by atoms with E-state index in [-0.39, 0.29) is 12.7 Å². The molecule has 2 heterocycles. The summed E-state index contributed by atoms with van der Waals surface area (Å²) < 4.78 is 11.4. The lowest BCUT2D eigenvalue weighted by Crippen LogP contribution is -2.11. The van der Waals surface area contributed by atoms with Crippen LogP contribution in [0.1, 0.15) is 10.4 Å². The molecular weight excluding hydrogens is 324 g/mol. The zero-order valence-corrected chi connectivity index (χ0v) is 12.7. The van der Waals surface area contributed by atoms with E-state index in [0.717, 1.165) is 10.2 Å². The van der Waals surface area contributed by atoms with E-state index in [1.165, 1.54) is 11.3 Å². The monoisotopic (exact) mass is 332 g/mol. The van der Waals surface area contributed by atoms with E-state index < -0.39 is 0 Å². The number of fused-ring (bicyclic) bond motifs is 2. The summed E-state index contributed by atoms with van der Waals surface area (Å²) in [6, 6.07) is 10.5. The number of carbonyl (C=O) groups excluding carboxylic acids is 1. The van der Waals surface area contributed by atoms with Crippen LogP contribution < -0.4 is 14.8 Å². The number of ether oxygens (including phenoxy) is 2. The van der Waals surface area contributed by atoms with E-state index in [1.807, 2.05) is 12.1 Å². The van der Waals surface area contributed by atoms with Crippen LogP contribution in [0, 0.1) is 0 Å². The normalized spacial score (nSPS) is 12.6. The van der Waals surface area contributed by atoms with Crippen molar-refractivity contribution in [2.45, 2.75) is 0 Å². The van der Waals surface area contributed by atoms with Crippen LogP contribution in [0.5, 0.6) is 11.5 Å². The number of benzene rings is 2.